The number of hydrogen-bond acceptors (Lipinski definition) is 4. The van der Waals surface area contributed by atoms with Gasteiger partial charge in [0.05, 0.1) is 0 Å². The fourth-order valence-corrected chi connectivity index (χ4v) is 1.31. The molecule has 0 aliphatic heterocycles. The second-order valence-corrected chi connectivity index (χ2v) is 3.61. The summed E-state index contributed by atoms with van der Waals surface area (Å²) in [5.74, 6) is 0.357. The van der Waals surface area contributed by atoms with E-state index in [-0.39, 0.29) is 11.9 Å². The molecule has 1 amide bonds. The molecule has 78 valence electrons. The Bertz CT molecular complexity index is 301. The lowest BCUT2D eigenvalue weighted by Gasteiger charge is -1.98. The van der Waals surface area contributed by atoms with Crippen LogP contribution in [0.5, 0.6) is 0 Å². The molecule has 0 radical (unpaired) electrons. The lowest BCUT2D eigenvalue weighted by atomic mass is 10.2. The van der Waals surface area contributed by atoms with E-state index in [4.69, 9.17) is 4.42 Å². The molecule has 0 aliphatic rings. The molecule has 1 N–H and O–H groups in total. The molecular formula is C8H12BrN3O2. The van der Waals surface area contributed by atoms with Gasteiger partial charge >= 0.3 is 6.01 Å². The van der Waals surface area contributed by atoms with Crippen LogP contribution in [0.2, 0.25) is 0 Å². The normalized spacial score (nSPS) is 10.1. The van der Waals surface area contributed by atoms with Crippen molar-refractivity contribution < 1.29 is 9.21 Å². The third kappa shape index (κ3) is 3.87. The van der Waals surface area contributed by atoms with Gasteiger partial charge in [-0.3, -0.25) is 10.1 Å². The van der Waals surface area contributed by atoms with Crippen LogP contribution in [0.1, 0.15) is 25.2 Å². The summed E-state index contributed by atoms with van der Waals surface area (Å²) >= 11 is 3.30. The number of carbonyl (C=O) groups excluding carboxylic acids is 1. The lowest BCUT2D eigenvalue weighted by molar-refractivity contribution is -0.116. The zero-order valence-electron chi connectivity index (χ0n) is 7.92. The maximum absolute atomic E-state index is 11.2. The van der Waals surface area contributed by atoms with Crippen LogP contribution in [0.25, 0.3) is 0 Å². The summed E-state index contributed by atoms with van der Waals surface area (Å²) < 4.78 is 5.00. The highest BCUT2D eigenvalue weighted by Gasteiger charge is 2.06. The zero-order valence-corrected chi connectivity index (χ0v) is 9.50. The number of aryl methyl sites for hydroxylation is 1. The van der Waals surface area contributed by atoms with Gasteiger partial charge in [0, 0.05) is 18.7 Å². The monoisotopic (exact) mass is 261 g/mol. The summed E-state index contributed by atoms with van der Waals surface area (Å²) in [7, 11) is 0. The van der Waals surface area contributed by atoms with Crippen LogP contribution in [-0.2, 0) is 4.79 Å². The van der Waals surface area contributed by atoms with Gasteiger partial charge in [-0.15, -0.1) is 5.10 Å². The van der Waals surface area contributed by atoms with Gasteiger partial charge < -0.3 is 4.42 Å². The molecule has 0 bridgehead atoms. The topological polar surface area (TPSA) is 68.0 Å². The van der Waals surface area contributed by atoms with E-state index in [1.807, 2.05) is 0 Å². The van der Waals surface area contributed by atoms with Gasteiger partial charge in [0.25, 0.3) is 0 Å². The van der Waals surface area contributed by atoms with Crippen LogP contribution >= 0.6 is 15.9 Å². The number of aromatic nitrogens is 2. The second kappa shape index (κ2) is 5.74. The van der Waals surface area contributed by atoms with Crippen LogP contribution in [0.4, 0.5) is 6.01 Å². The number of unbranched alkanes of at least 4 members (excludes halogenated alkanes) is 1. The number of amides is 1. The molecule has 5 nitrogen and oxygen atoms in total. The average Bonchev–Trinajstić information content (AvgIpc) is 2.52. The van der Waals surface area contributed by atoms with E-state index in [0.29, 0.717) is 12.3 Å². The molecule has 1 heterocycles. The molecule has 0 saturated carbocycles. The number of rotatable bonds is 5. The number of halogens is 1. The number of anilines is 1. The van der Waals surface area contributed by atoms with Crippen molar-refractivity contribution in [1.82, 2.24) is 10.2 Å². The average molecular weight is 262 g/mol. The Kier molecular flexibility index (Phi) is 4.58. The first-order valence-corrected chi connectivity index (χ1v) is 5.50. The Morgan fingerprint density at radius 1 is 1.50 bits per heavy atom. The van der Waals surface area contributed by atoms with Gasteiger partial charge in [-0.25, -0.2) is 0 Å². The molecule has 14 heavy (non-hydrogen) atoms. The van der Waals surface area contributed by atoms with Crippen molar-refractivity contribution in [3.05, 3.63) is 5.89 Å². The highest BCUT2D eigenvalue weighted by Crippen LogP contribution is 2.05. The van der Waals surface area contributed by atoms with Crippen LogP contribution < -0.4 is 5.32 Å². The second-order valence-electron chi connectivity index (χ2n) is 2.82. The summed E-state index contributed by atoms with van der Waals surface area (Å²) in [6, 6.07) is 0.173. The first kappa shape index (κ1) is 11.2. The summed E-state index contributed by atoms with van der Waals surface area (Å²) in [5.41, 5.74) is 0. The molecule has 1 aromatic heterocycles. The predicted molar refractivity (Wildman–Crippen MR) is 55.3 cm³/mol. The molecule has 0 spiro atoms. The third-order valence-electron chi connectivity index (χ3n) is 1.56. The highest BCUT2D eigenvalue weighted by atomic mass is 79.9. The van der Waals surface area contributed by atoms with Crippen LogP contribution in [0, 0.1) is 6.92 Å². The Morgan fingerprint density at radius 2 is 2.29 bits per heavy atom. The fraction of sp³-hybridized carbons (Fsp3) is 0.625. The van der Waals surface area contributed by atoms with Crippen molar-refractivity contribution >= 4 is 27.9 Å². The van der Waals surface area contributed by atoms with E-state index < -0.39 is 0 Å². The number of hydrogen-bond donors (Lipinski definition) is 1. The molecule has 0 saturated heterocycles. The molecule has 0 aliphatic carbocycles. The minimum Gasteiger partial charge on any atom is -0.408 e. The Balaban J connectivity index is 2.27. The first-order valence-electron chi connectivity index (χ1n) is 4.38. The van der Waals surface area contributed by atoms with E-state index >= 15 is 0 Å². The third-order valence-corrected chi connectivity index (χ3v) is 2.12. The minimum absolute atomic E-state index is 0.0883. The Morgan fingerprint density at radius 3 is 2.86 bits per heavy atom. The van der Waals surface area contributed by atoms with E-state index in [1.165, 1.54) is 0 Å². The van der Waals surface area contributed by atoms with Crippen molar-refractivity contribution in [1.29, 1.82) is 0 Å². The molecule has 1 aromatic rings. The summed E-state index contributed by atoms with van der Waals surface area (Å²) in [4.78, 5) is 11.2. The maximum atomic E-state index is 11.2. The van der Waals surface area contributed by atoms with Crippen LogP contribution in [0.3, 0.4) is 0 Å². The smallest absolute Gasteiger partial charge is 0.322 e. The summed E-state index contributed by atoms with van der Waals surface area (Å²) in [6.07, 6.45) is 2.31. The van der Waals surface area contributed by atoms with Gasteiger partial charge in [-0.2, -0.15) is 0 Å². The van der Waals surface area contributed by atoms with E-state index in [1.54, 1.807) is 6.92 Å². The number of alkyl halides is 1. The van der Waals surface area contributed by atoms with Crippen LogP contribution in [0.15, 0.2) is 4.42 Å². The summed E-state index contributed by atoms with van der Waals surface area (Å²) in [5, 5.41) is 10.7. The molecule has 1 rings (SSSR count). The molecule has 0 fully saturated rings. The van der Waals surface area contributed by atoms with Gasteiger partial charge in [0.1, 0.15) is 0 Å². The largest absolute Gasteiger partial charge is 0.408 e. The fourth-order valence-electron chi connectivity index (χ4n) is 0.909. The van der Waals surface area contributed by atoms with Crippen molar-refractivity contribution in [3.8, 4) is 0 Å². The van der Waals surface area contributed by atoms with Gasteiger partial charge in [0.2, 0.25) is 11.8 Å². The maximum Gasteiger partial charge on any atom is 0.322 e. The van der Waals surface area contributed by atoms with Gasteiger partial charge in [-0.05, 0) is 12.8 Å². The van der Waals surface area contributed by atoms with Crippen molar-refractivity contribution in [2.24, 2.45) is 0 Å². The Labute approximate surface area is 90.4 Å². The number of nitrogens with zero attached hydrogens (tertiary/aromatic N) is 2. The first-order chi connectivity index (χ1) is 6.72. The number of carbonyl (C=O) groups is 1. The number of nitrogens with one attached hydrogen (secondary N) is 1. The van der Waals surface area contributed by atoms with Gasteiger partial charge in [0.15, 0.2) is 0 Å². The molecule has 0 aromatic carbocycles. The van der Waals surface area contributed by atoms with Crippen molar-refractivity contribution in [3.63, 3.8) is 0 Å². The predicted octanol–water partition coefficient (Wildman–Crippen LogP) is 1.88. The van der Waals surface area contributed by atoms with E-state index in [2.05, 4.69) is 31.4 Å². The van der Waals surface area contributed by atoms with Crippen molar-refractivity contribution in [2.75, 3.05) is 10.6 Å². The molecular weight excluding hydrogens is 250 g/mol. The quantitative estimate of drug-likeness (QED) is 0.649. The lowest BCUT2D eigenvalue weighted by Crippen LogP contribution is -2.11. The molecule has 0 atom stereocenters. The highest BCUT2D eigenvalue weighted by molar-refractivity contribution is 9.09. The molecule has 0 unspecified atom stereocenters. The summed E-state index contributed by atoms with van der Waals surface area (Å²) in [6.45, 7) is 1.67. The standard InChI is InChI=1S/C8H12BrN3O2/c1-6-11-12-8(14-6)10-7(13)4-2-3-5-9/h2-5H2,1H3,(H,10,12,13). The molecule has 6 heteroatoms. The van der Waals surface area contributed by atoms with E-state index in [0.717, 1.165) is 18.2 Å². The Hall–Kier alpha value is -0.910. The van der Waals surface area contributed by atoms with E-state index in [9.17, 15) is 4.79 Å². The van der Waals surface area contributed by atoms with Crippen LogP contribution in [-0.4, -0.2) is 21.4 Å². The SMILES string of the molecule is Cc1nnc(NC(=O)CCCCBr)o1. The zero-order chi connectivity index (χ0) is 10.4. The van der Waals surface area contributed by atoms with Crippen molar-refractivity contribution in [2.45, 2.75) is 26.2 Å². The van der Waals surface area contributed by atoms with Gasteiger partial charge in [-0.1, -0.05) is 21.0 Å². The minimum atomic E-state index is -0.0883.